The highest BCUT2D eigenvalue weighted by atomic mass is 79.9. The Bertz CT molecular complexity index is 805. The summed E-state index contributed by atoms with van der Waals surface area (Å²) >= 11 is 8.74. The van der Waals surface area contributed by atoms with Crippen molar-refractivity contribution in [2.24, 2.45) is 0 Å². The number of halogens is 5. The summed E-state index contributed by atoms with van der Waals surface area (Å²) in [6, 6.07) is 7.23. The number of para-hydroxylation sites is 1. The SMILES string of the molecule is O=C(Cn1cc(C(F)(F)F)cc(Cl)c1=O)Nc1ccccc1Br. The number of rotatable bonds is 3. The Kier molecular flexibility index (Phi) is 5.16. The molecule has 0 aliphatic carbocycles. The van der Waals surface area contributed by atoms with Crippen LogP contribution in [-0.2, 0) is 17.5 Å². The van der Waals surface area contributed by atoms with Crippen LogP contribution in [0.2, 0.25) is 5.02 Å². The van der Waals surface area contributed by atoms with Crippen molar-refractivity contribution >= 4 is 39.1 Å². The van der Waals surface area contributed by atoms with Crippen molar-refractivity contribution in [2.75, 3.05) is 5.32 Å². The second-order valence-electron chi connectivity index (χ2n) is 4.54. The first-order chi connectivity index (χ1) is 10.7. The highest BCUT2D eigenvalue weighted by Crippen LogP contribution is 2.29. The Morgan fingerprint density at radius 1 is 1.30 bits per heavy atom. The molecule has 0 saturated heterocycles. The van der Waals surface area contributed by atoms with Crippen molar-refractivity contribution in [1.82, 2.24) is 4.57 Å². The summed E-state index contributed by atoms with van der Waals surface area (Å²) in [5, 5.41) is 1.89. The van der Waals surface area contributed by atoms with Crippen LogP contribution in [0, 0.1) is 0 Å². The number of benzene rings is 1. The lowest BCUT2D eigenvalue weighted by molar-refractivity contribution is -0.138. The van der Waals surface area contributed by atoms with Gasteiger partial charge in [-0.1, -0.05) is 23.7 Å². The van der Waals surface area contributed by atoms with E-state index < -0.39 is 34.8 Å². The topological polar surface area (TPSA) is 51.1 Å². The third kappa shape index (κ3) is 4.35. The van der Waals surface area contributed by atoms with Crippen LogP contribution in [0.1, 0.15) is 5.56 Å². The van der Waals surface area contributed by atoms with Gasteiger partial charge >= 0.3 is 6.18 Å². The fraction of sp³-hybridized carbons (Fsp3) is 0.143. The van der Waals surface area contributed by atoms with Gasteiger partial charge in [-0.15, -0.1) is 0 Å². The highest BCUT2D eigenvalue weighted by Gasteiger charge is 2.32. The van der Waals surface area contributed by atoms with Crippen molar-refractivity contribution in [2.45, 2.75) is 12.7 Å². The minimum Gasteiger partial charge on any atom is -0.324 e. The van der Waals surface area contributed by atoms with E-state index in [0.29, 0.717) is 27.0 Å². The maximum absolute atomic E-state index is 12.7. The smallest absolute Gasteiger partial charge is 0.324 e. The zero-order valence-electron chi connectivity index (χ0n) is 11.3. The summed E-state index contributed by atoms with van der Waals surface area (Å²) in [6.45, 7) is -0.593. The fourth-order valence-electron chi connectivity index (χ4n) is 1.78. The number of pyridine rings is 1. The van der Waals surface area contributed by atoms with Crippen LogP contribution < -0.4 is 10.9 Å². The van der Waals surface area contributed by atoms with Gasteiger partial charge in [0, 0.05) is 10.7 Å². The number of carbonyl (C=O) groups excluding carboxylic acids is 1. The van der Waals surface area contributed by atoms with Gasteiger partial charge in [0.25, 0.3) is 5.56 Å². The molecular formula is C14H9BrClF3N2O2. The van der Waals surface area contributed by atoms with E-state index in [9.17, 15) is 22.8 Å². The number of aromatic nitrogens is 1. The standard InChI is InChI=1S/C14H9BrClF3N2O2/c15-9-3-1-2-4-11(9)20-12(22)7-21-6-8(14(17,18)19)5-10(16)13(21)23/h1-6H,7H2,(H,20,22). The summed E-state index contributed by atoms with van der Waals surface area (Å²) in [7, 11) is 0. The molecule has 1 N–H and O–H groups in total. The third-order valence-corrected chi connectivity index (χ3v) is 3.79. The predicted octanol–water partition coefficient (Wildman–Crippen LogP) is 3.92. The first-order valence-corrected chi connectivity index (χ1v) is 7.37. The number of amides is 1. The van der Waals surface area contributed by atoms with Crippen molar-refractivity contribution in [3.8, 4) is 0 Å². The highest BCUT2D eigenvalue weighted by molar-refractivity contribution is 9.10. The van der Waals surface area contributed by atoms with Crippen LogP contribution in [-0.4, -0.2) is 10.5 Å². The summed E-state index contributed by atoms with van der Waals surface area (Å²) in [6.07, 6.45) is -4.11. The lowest BCUT2D eigenvalue weighted by atomic mass is 10.2. The average molecular weight is 410 g/mol. The zero-order valence-corrected chi connectivity index (χ0v) is 13.7. The van der Waals surface area contributed by atoms with Gasteiger partial charge in [0.1, 0.15) is 11.6 Å². The molecule has 0 bridgehead atoms. The number of nitrogens with one attached hydrogen (secondary N) is 1. The molecule has 0 radical (unpaired) electrons. The van der Waals surface area contributed by atoms with Crippen molar-refractivity contribution in [3.63, 3.8) is 0 Å². The molecule has 0 aliphatic heterocycles. The molecule has 23 heavy (non-hydrogen) atoms. The molecule has 0 aliphatic rings. The maximum atomic E-state index is 12.7. The minimum atomic E-state index is -4.67. The molecule has 1 aromatic heterocycles. The molecule has 122 valence electrons. The van der Waals surface area contributed by atoms with E-state index in [0.717, 1.165) is 0 Å². The van der Waals surface area contributed by atoms with Crippen LogP contribution >= 0.6 is 27.5 Å². The van der Waals surface area contributed by atoms with Crippen LogP contribution in [0.5, 0.6) is 0 Å². The number of hydrogen-bond acceptors (Lipinski definition) is 2. The largest absolute Gasteiger partial charge is 0.417 e. The molecule has 1 aromatic carbocycles. The first kappa shape index (κ1) is 17.6. The molecule has 9 heteroatoms. The average Bonchev–Trinajstić information content (AvgIpc) is 2.45. The normalized spacial score (nSPS) is 11.3. The number of hydrogen-bond donors (Lipinski definition) is 1. The van der Waals surface area contributed by atoms with E-state index in [4.69, 9.17) is 11.6 Å². The van der Waals surface area contributed by atoms with Crippen LogP contribution in [0.4, 0.5) is 18.9 Å². The van der Waals surface area contributed by atoms with Crippen LogP contribution in [0.25, 0.3) is 0 Å². The van der Waals surface area contributed by atoms with Crippen LogP contribution in [0.15, 0.2) is 45.8 Å². The van der Waals surface area contributed by atoms with Crippen molar-refractivity contribution in [3.05, 3.63) is 61.9 Å². The molecule has 0 fully saturated rings. The fourth-order valence-corrected chi connectivity index (χ4v) is 2.39. The Hall–Kier alpha value is -1.80. The van der Waals surface area contributed by atoms with E-state index in [1.807, 2.05) is 0 Å². The van der Waals surface area contributed by atoms with Gasteiger partial charge in [-0.3, -0.25) is 9.59 Å². The number of carbonyl (C=O) groups is 1. The summed E-state index contributed by atoms with van der Waals surface area (Å²) < 4.78 is 39.4. The lowest BCUT2D eigenvalue weighted by Gasteiger charge is -2.12. The minimum absolute atomic E-state index is 0.434. The molecule has 0 spiro atoms. The maximum Gasteiger partial charge on any atom is 0.417 e. The van der Waals surface area contributed by atoms with E-state index in [-0.39, 0.29) is 0 Å². The van der Waals surface area contributed by atoms with E-state index in [1.165, 1.54) is 0 Å². The second-order valence-corrected chi connectivity index (χ2v) is 5.80. The zero-order chi connectivity index (χ0) is 17.2. The van der Waals surface area contributed by atoms with Crippen LogP contribution in [0.3, 0.4) is 0 Å². The monoisotopic (exact) mass is 408 g/mol. The number of alkyl halides is 3. The van der Waals surface area contributed by atoms with Gasteiger partial charge in [0.05, 0.1) is 11.3 Å². The van der Waals surface area contributed by atoms with E-state index in [1.54, 1.807) is 24.3 Å². The Morgan fingerprint density at radius 2 is 1.96 bits per heavy atom. The van der Waals surface area contributed by atoms with Gasteiger partial charge < -0.3 is 9.88 Å². The van der Waals surface area contributed by atoms with E-state index >= 15 is 0 Å². The summed E-state index contributed by atoms with van der Waals surface area (Å²) in [5.74, 6) is -0.658. The molecule has 2 rings (SSSR count). The number of nitrogens with zero attached hydrogens (tertiary/aromatic N) is 1. The van der Waals surface area contributed by atoms with Gasteiger partial charge in [0.15, 0.2) is 0 Å². The summed E-state index contributed by atoms with van der Waals surface area (Å²) in [4.78, 5) is 23.7. The van der Waals surface area contributed by atoms with E-state index in [2.05, 4.69) is 21.2 Å². The molecule has 0 atom stereocenters. The lowest BCUT2D eigenvalue weighted by Crippen LogP contribution is -2.29. The first-order valence-electron chi connectivity index (χ1n) is 6.20. The molecule has 1 amide bonds. The van der Waals surface area contributed by atoms with Crippen molar-refractivity contribution < 1.29 is 18.0 Å². The quantitative estimate of drug-likeness (QED) is 0.835. The molecule has 0 saturated carbocycles. The second kappa shape index (κ2) is 6.76. The molecule has 2 aromatic rings. The van der Waals surface area contributed by atoms with Gasteiger partial charge in [0.2, 0.25) is 5.91 Å². The number of anilines is 1. The van der Waals surface area contributed by atoms with Gasteiger partial charge in [-0.05, 0) is 34.1 Å². The third-order valence-electron chi connectivity index (χ3n) is 2.83. The Morgan fingerprint density at radius 3 is 2.57 bits per heavy atom. The predicted molar refractivity (Wildman–Crippen MR) is 83.5 cm³/mol. The molecule has 4 nitrogen and oxygen atoms in total. The summed E-state index contributed by atoms with van der Waals surface area (Å²) in [5.41, 5.74) is -1.54. The van der Waals surface area contributed by atoms with Crippen molar-refractivity contribution in [1.29, 1.82) is 0 Å². The Labute approximate surface area is 142 Å². The molecule has 1 heterocycles. The Balaban J connectivity index is 2.26. The van der Waals surface area contributed by atoms with Gasteiger partial charge in [-0.2, -0.15) is 13.2 Å². The molecule has 0 unspecified atom stereocenters. The van der Waals surface area contributed by atoms with Gasteiger partial charge in [-0.25, -0.2) is 0 Å². The molecular weight excluding hydrogens is 401 g/mol.